The van der Waals surface area contributed by atoms with Gasteiger partial charge in [-0.05, 0) is 30.3 Å². The third-order valence-electron chi connectivity index (χ3n) is 4.93. The lowest BCUT2D eigenvalue weighted by molar-refractivity contribution is -0.129. The first-order valence-corrected chi connectivity index (χ1v) is 9.12. The summed E-state index contributed by atoms with van der Waals surface area (Å²) in [5.74, 6) is -0.708. The number of fused-ring (bicyclic) bond motifs is 1. The number of aromatic nitrogens is 3. The monoisotopic (exact) mass is 393 g/mol. The van der Waals surface area contributed by atoms with E-state index in [0.29, 0.717) is 22.5 Å². The second kappa shape index (κ2) is 7.12. The zero-order valence-corrected chi connectivity index (χ0v) is 16.4. The summed E-state index contributed by atoms with van der Waals surface area (Å²) in [5.41, 5.74) is 3.97. The van der Waals surface area contributed by atoms with E-state index in [2.05, 4.69) is 10.1 Å². The molecule has 2 aromatic heterocycles. The van der Waals surface area contributed by atoms with E-state index in [9.17, 15) is 14.0 Å². The number of likely N-dealkylation sites (N-methyl/N-ethyl adjacent to an activating group) is 1. The minimum atomic E-state index is -0.326. The molecule has 0 atom stereocenters. The van der Waals surface area contributed by atoms with Gasteiger partial charge in [-0.15, -0.1) is 0 Å². The lowest BCUT2D eigenvalue weighted by atomic mass is 9.97. The van der Waals surface area contributed by atoms with Crippen molar-refractivity contribution in [2.24, 2.45) is 7.05 Å². The van der Waals surface area contributed by atoms with Crippen LogP contribution in [0.5, 0.6) is 0 Å². The van der Waals surface area contributed by atoms with Crippen LogP contribution in [0.3, 0.4) is 0 Å². The summed E-state index contributed by atoms with van der Waals surface area (Å²) >= 11 is 0. The fourth-order valence-corrected chi connectivity index (χ4v) is 3.44. The number of aryl methyl sites for hydroxylation is 1. The van der Waals surface area contributed by atoms with Crippen molar-refractivity contribution in [3.63, 3.8) is 0 Å². The molecule has 0 saturated carbocycles. The maximum absolute atomic E-state index is 13.4. The molecule has 7 nitrogen and oxygen atoms in total. The van der Waals surface area contributed by atoms with Crippen LogP contribution in [-0.4, -0.2) is 57.0 Å². The number of halogens is 1. The number of rotatable bonds is 4. The molecule has 148 valence electrons. The molecule has 3 aromatic rings. The number of amides is 2. The minimum Gasteiger partial charge on any atom is -0.347 e. The summed E-state index contributed by atoms with van der Waals surface area (Å²) in [7, 11) is 5.11. The summed E-state index contributed by atoms with van der Waals surface area (Å²) < 4.78 is 15.0. The van der Waals surface area contributed by atoms with Crippen LogP contribution < -0.4 is 0 Å². The molecule has 1 aromatic carbocycles. The zero-order valence-electron chi connectivity index (χ0n) is 16.4. The normalized spacial score (nSPS) is 13.0. The van der Waals surface area contributed by atoms with Gasteiger partial charge in [0.15, 0.2) is 0 Å². The van der Waals surface area contributed by atoms with E-state index in [1.807, 2.05) is 6.20 Å². The molecule has 4 rings (SSSR count). The lowest BCUT2D eigenvalue weighted by Crippen LogP contribution is -2.36. The highest BCUT2D eigenvalue weighted by Gasteiger charge is 2.33. The first kappa shape index (κ1) is 18.8. The number of benzene rings is 1. The zero-order chi connectivity index (χ0) is 20.7. The second-order valence-electron chi connectivity index (χ2n) is 7.20. The van der Waals surface area contributed by atoms with E-state index in [1.165, 1.54) is 21.9 Å². The molecule has 0 fully saturated rings. The number of hydrogen-bond acceptors (Lipinski definition) is 4. The standard InChI is InChI=1S/C21H20FN5O2/c1-25(2)18(28)12-27-11-17-19(21(27)29)15(8-9-23-17)16-10-26(3)24-20(16)13-4-6-14(22)7-5-13/h4-10H,11-12H2,1-3H3. The van der Waals surface area contributed by atoms with Crippen LogP contribution in [-0.2, 0) is 18.4 Å². The van der Waals surface area contributed by atoms with Crippen molar-refractivity contribution in [2.75, 3.05) is 20.6 Å². The van der Waals surface area contributed by atoms with Crippen molar-refractivity contribution in [1.82, 2.24) is 24.6 Å². The van der Waals surface area contributed by atoms with Gasteiger partial charge < -0.3 is 9.80 Å². The predicted molar refractivity (Wildman–Crippen MR) is 105 cm³/mol. The average molecular weight is 393 g/mol. The molecule has 29 heavy (non-hydrogen) atoms. The average Bonchev–Trinajstić information content (AvgIpc) is 3.22. The fourth-order valence-electron chi connectivity index (χ4n) is 3.44. The van der Waals surface area contributed by atoms with Crippen LogP contribution in [0.4, 0.5) is 4.39 Å². The number of nitrogens with zero attached hydrogens (tertiary/aromatic N) is 5. The number of carbonyl (C=O) groups excluding carboxylic acids is 2. The fraction of sp³-hybridized carbons (Fsp3) is 0.238. The maximum Gasteiger partial charge on any atom is 0.257 e. The van der Waals surface area contributed by atoms with Gasteiger partial charge in [0.25, 0.3) is 5.91 Å². The molecule has 1 aliphatic rings. The maximum atomic E-state index is 13.4. The number of pyridine rings is 1. The van der Waals surface area contributed by atoms with Gasteiger partial charge in [0.2, 0.25) is 5.91 Å². The summed E-state index contributed by atoms with van der Waals surface area (Å²) in [6, 6.07) is 7.85. The quantitative estimate of drug-likeness (QED) is 0.682. The molecule has 0 unspecified atom stereocenters. The third-order valence-corrected chi connectivity index (χ3v) is 4.93. The van der Waals surface area contributed by atoms with E-state index in [0.717, 1.165) is 11.1 Å². The Hall–Kier alpha value is -3.55. The van der Waals surface area contributed by atoms with E-state index < -0.39 is 0 Å². The van der Waals surface area contributed by atoms with Crippen LogP contribution in [0, 0.1) is 5.82 Å². The van der Waals surface area contributed by atoms with Crippen LogP contribution >= 0.6 is 0 Å². The summed E-state index contributed by atoms with van der Waals surface area (Å²) in [6.07, 6.45) is 3.48. The first-order valence-electron chi connectivity index (χ1n) is 9.12. The van der Waals surface area contributed by atoms with E-state index in [-0.39, 0.29) is 30.7 Å². The van der Waals surface area contributed by atoms with Crippen LogP contribution in [0.15, 0.2) is 42.7 Å². The van der Waals surface area contributed by atoms with Gasteiger partial charge in [-0.1, -0.05) is 0 Å². The topological polar surface area (TPSA) is 71.3 Å². The largest absolute Gasteiger partial charge is 0.347 e. The van der Waals surface area contributed by atoms with Gasteiger partial charge >= 0.3 is 0 Å². The number of hydrogen-bond donors (Lipinski definition) is 0. The van der Waals surface area contributed by atoms with Crippen molar-refractivity contribution >= 4 is 11.8 Å². The van der Waals surface area contributed by atoms with Gasteiger partial charge in [-0.2, -0.15) is 5.10 Å². The molecule has 0 aliphatic carbocycles. The number of carbonyl (C=O) groups is 2. The van der Waals surface area contributed by atoms with Crippen molar-refractivity contribution < 1.29 is 14.0 Å². The molecule has 8 heteroatoms. The van der Waals surface area contributed by atoms with Gasteiger partial charge in [-0.25, -0.2) is 4.39 Å². The Balaban J connectivity index is 1.77. The summed E-state index contributed by atoms with van der Waals surface area (Å²) in [4.78, 5) is 32.5. The van der Waals surface area contributed by atoms with Crippen molar-refractivity contribution in [1.29, 1.82) is 0 Å². The molecule has 0 bridgehead atoms. The predicted octanol–water partition coefficient (Wildman–Crippen LogP) is 2.33. The van der Waals surface area contributed by atoms with Gasteiger partial charge in [0.1, 0.15) is 18.1 Å². The van der Waals surface area contributed by atoms with Crippen LogP contribution in [0.1, 0.15) is 16.1 Å². The molecule has 0 N–H and O–H groups in total. The highest BCUT2D eigenvalue weighted by molar-refractivity contribution is 6.06. The third kappa shape index (κ3) is 3.37. The smallest absolute Gasteiger partial charge is 0.257 e. The highest BCUT2D eigenvalue weighted by atomic mass is 19.1. The van der Waals surface area contributed by atoms with Crippen molar-refractivity contribution in [3.8, 4) is 22.4 Å². The van der Waals surface area contributed by atoms with Gasteiger partial charge in [0.05, 0.1) is 17.8 Å². The molecule has 0 spiro atoms. The van der Waals surface area contributed by atoms with Crippen molar-refractivity contribution in [2.45, 2.75) is 6.54 Å². The van der Waals surface area contributed by atoms with Crippen LogP contribution in [0.25, 0.3) is 22.4 Å². The van der Waals surface area contributed by atoms with E-state index >= 15 is 0 Å². The van der Waals surface area contributed by atoms with E-state index in [4.69, 9.17) is 0 Å². The Labute approximate surface area is 167 Å². The Morgan fingerprint density at radius 2 is 1.90 bits per heavy atom. The Kier molecular flexibility index (Phi) is 4.62. The molecular weight excluding hydrogens is 373 g/mol. The second-order valence-corrected chi connectivity index (χ2v) is 7.20. The Bertz CT molecular complexity index is 1100. The highest BCUT2D eigenvalue weighted by Crippen LogP contribution is 2.36. The van der Waals surface area contributed by atoms with Gasteiger partial charge in [0, 0.05) is 50.2 Å². The van der Waals surface area contributed by atoms with Gasteiger partial charge in [-0.3, -0.25) is 19.3 Å². The molecule has 3 heterocycles. The molecule has 0 radical (unpaired) electrons. The summed E-state index contributed by atoms with van der Waals surface area (Å²) in [6.45, 7) is 0.285. The Morgan fingerprint density at radius 3 is 2.59 bits per heavy atom. The first-order chi connectivity index (χ1) is 13.8. The molecule has 0 saturated heterocycles. The van der Waals surface area contributed by atoms with Crippen LogP contribution in [0.2, 0.25) is 0 Å². The lowest BCUT2D eigenvalue weighted by Gasteiger charge is -2.18. The SMILES string of the molecule is CN(C)C(=O)CN1Cc2nccc(-c3cn(C)nc3-c3ccc(F)cc3)c2C1=O. The molecule has 1 aliphatic heterocycles. The Morgan fingerprint density at radius 1 is 1.17 bits per heavy atom. The van der Waals surface area contributed by atoms with Crippen molar-refractivity contribution in [3.05, 3.63) is 59.8 Å². The molecular formula is C21H20FN5O2. The molecule has 2 amide bonds. The minimum absolute atomic E-state index is 0.000504. The van der Waals surface area contributed by atoms with E-state index in [1.54, 1.807) is 50.2 Å². The summed E-state index contributed by atoms with van der Waals surface area (Å²) in [5, 5.41) is 4.52.